The van der Waals surface area contributed by atoms with Gasteiger partial charge < -0.3 is 9.05 Å². The van der Waals surface area contributed by atoms with Crippen LogP contribution in [0.5, 0.6) is 0 Å². The number of ketones is 1. The molecule has 0 heterocycles. The van der Waals surface area contributed by atoms with Crippen LogP contribution in [0.1, 0.15) is 19.8 Å². The van der Waals surface area contributed by atoms with Crippen LogP contribution >= 0.6 is 7.60 Å². The summed E-state index contributed by atoms with van der Waals surface area (Å²) in [5.74, 6) is -0.373. The molecule has 1 atom stereocenters. The van der Waals surface area contributed by atoms with Gasteiger partial charge in [-0.3, -0.25) is 9.36 Å². The molecule has 0 fully saturated rings. The molecule has 0 spiro atoms. The molecule has 0 aromatic rings. The van der Waals surface area contributed by atoms with E-state index in [0.29, 0.717) is 6.42 Å². The predicted octanol–water partition coefficient (Wildman–Crippen LogP) is 1.98. The molecule has 0 amide bonds. The van der Waals surface area contributed by atoms with Crippen molar-refractivity contribution in [1.29, 1.82) is 5.26 Å². The van der Waals surface area contributed by atoms with Gasteiger partial charge in [-0.15, -0.1) is 0 Å². The van der Waals surface area contributed by atoms with Gasteiger partial charge >= 0.3 is 7.60 Å². The van der Waals surface area contributed by atoms with Crippen molar-refractivity contribution in [2.45, 2.75) is 19.8 Å². The zero-order chi connectivity index (χ0) is 11.9. The maximum atomic E-state index is 11.5. The van der Waals surface area contributed by atoms with E-state index in [9.17, 15) is 9.36 Å². The summed E-state index contributed by atoms with van der Waals surface area (Å²) in [7, 11) is -0.747. The molecule has 0 bridgehead atoms. The quantitative estimate of drug-likeness (QED) is 0.628. The average molecular weight is 233 g/mol. The Labute approximate surface area is 89.9 Å². The van der Waals surface area contributed by atoms with Crippen LogP contribution in [0.3, 0.4) is 0 Å². The van der Waals surface area contributed by atoms with Gasteiger partial charge in [0.25, 0.3) is 0 Å². The second-order valence-electron chi connectivity index (χ2n) is 3.24. The number of Topliss-reactive ketones (excluding diaryl/α,β-unsaturated/α-hetero) is 1. The van der Waals surface area contributed by atoms with Crippen molar-refractivity contribution >= 4 is 13.4 Å². The van der Waals surface area contributed by atoms with E-state index >= 15 is 0 Å². The SMILES string of the molecule is COP(=O)(CC(=O)CCC(C)C#N)OC. The Morgan fingerprint density at radius 2 is 2.00 bits per heavy atom. The highest BCUT2D eigenvalue weighted by Gasteiger charge is 2.25. The second-order valence-corrected chi connectivity index (χ2v) is 5.51. The Kier molecular flexibility index (Phi) is 6.42. The van der Waals surface area contributed by atoms with Crippen LogP contribution in [0.25, 0.3) is 0 Å². The Hall–Kier alpha value is -0.690. The molecule has 1 unspecified atom stereocenters. The van der Waals surface area contributed by atoms with E-state index in [1.165, 1.54) is 14.2 Å². The molecule has 0 saturated carbocycles. The van der Waals surface area contributed by atoms with Gasteiger partial charge in [0, 0.05) is 26.6 Å². The minimum absolute atomic E-state index is 0.168. The maximum absolute atomic E-state index is 11.5. The molecule has 0 aromatic heterocycles. The maximum Gasteiger partial charge on any atom is 0.337 e. The standard InChI is InChI=1S/C9H16NO4P/c1-8(6-10)4-5-9(11)7-15(12,13-2)14-3/h8H,4-5,7H2,1-3H3. The number of carbonyl (C=O) groups is 1. The van der Waals surface area contributed by atoms with Crippen molar-refractivity contribution in [3.8, 4) is 6.07 Å². The minimum atomic E-state index is -3.24. The smallest absolute Gasteiger partial charge is 0.312 e. The highest BCUT2D eigenvalue weighted by molar-refractivity contribution is 7.54. The van der Waals surface area contributed by atoms with E-state index in [1.54, 1.807) is 6.92 Å². The molecule has 0 N–H and O–H groups in total. The summed E-state index contributed by atoms with van der Waals surface area (Å²) in [5, 5.41) is 8.51. The lowest BCUT2D eigenvalue weighted by molar-refractivity contribution is -0.117. The number of carbonyl (C=O) groups excluding carboxylic acids is 1. The molecule has 0 aliphatic rings. The summed E-state index contributed by atoms with van der Waals surface area (Å²) < 4.78 is 20.8. The molecule has 0 aliphatic carbocycles. The third-order valence-corrected chi connectivity index (χ3v) is 3.86. The highest BCUT2D eigenvalue weighted by Crippen LogP contribution is 2.46. The third kappa shape index (κ3) is 5.68. The Bertz CT molecular complexity index is 289. The highest BCUT2D eigenvalue weighted by atomic mass is 31.2. The van der Waals surface area contributed by atoms with Crippen LogP contribution in [0, 0.1) is 17.2 Å². The molecule has 0 saturated heterocycles. The first-order valence-electron chi connectivity index (χ1n) is 4.59. The van der Waals surface area contributed by atoms with E-state index in [1.807, 2.05) is 6.07 Å². The predicted molar refractivity (Wildman–Crippen MR) is 55.5 cm³/mol. The van der Waals surface area contributed by atoms with E-state index < -0.39 is 7.60 Å². The first kappa shape index (κ1) is 14.3. The molecule has 0 rings (SSSR count). The van der Waals surface area contributed by atoms with Crippen LogP contribution < -0.4 is 0 Å². The summed E-state index contributed by atoms with van der Waals surface area (Å²) in [6, 6.07) is 2.03. The fourth-order valence-electron chi connectivity index (χ4n) is 0.941. The van der Waals surface area contributed by atoms with Crippen molar-refractivity contribution in [2.75, 3.05) is 20.4 Å². The minimum Gasteiger partial charge on any atom is -0.312 e. The molecule has 0 aromatic carbocycles. The zero-order valence-electron chi connectivity index (χ0n) is 9.23. The average Bonchev–Trinajstić information content (AvgIpc) is 2.25. The van der Waals surface area contributed by atoms with E-state index in [-0.39, 0.29) is 24.3 Å². The summed E-state index contributed by atoms with van der Waals surface area (Å²) >= 11 is 0. The van der Waals surface area contributed by atoms with Crippen LogP contribution in [0.4, 0.5) is 0 Å². The van der Waals surface area contributed by atoms with E-state index in [2.05, 4.69) is 9.05 Å². The van der Waals surface area contributed by atoms with Crippen molar-refractivity contribution < 1.29 is 18.4 Å². The molecule has 0 aliphatic heterocycles. The van der Waals surface area contributed by atoms with Crippen LogP contribution in [0.15, 0.2) is 0 Å². The van der Waals surface area contributed by atoms with Crippen LogP contribution in [0.2, 0.25) is 0 Å². The summed E-state index contributed by atoms with van der Waals surface area (Å²) in [6.07, 6.45) is 0.479. The lowest BCUT2D eigenvalue weighted by Gasteiger charge is -2.12. The Balaban J connectivity index is 4.05. The molecular formula is C9H16NO4P. The van der Waals surface area contributed by atoms with Gasteiger partial charge in [-0.25, -0.2) is 0 Å². The number of nitriles is 1. The number of nitrogens with zero attached hydrogens (tertiary/aromatic N) is 1. The number of rotatable bonds is 7. The van der Waals surface area contributed by atoms with Crippen molar-refractivity contribution in [1.82, 2.24) is 0 Å². The topological polar surface area (TPSA) is 76.4 Å². The number of hydrogen-bond acceptors (Lipinski definition) is 5. The third-order valence-electron chi connectivity index (χ3n) is 2.00. The van der Waals surface area contributed by atoms with Gasteiger partial charge in [0.05, 0.1) is 6.07 Å². The van der Waals surface area contributed by atoms with Crippen LogP contribution in [-0.4, -0.2) is 26.2 Å². The fourth-order valence-corrected chi connectivity index (χ4v) is 1.94. The molecule has 15 heavy (non-hydrogen) atoms. The number of hydrogen-bond donors (Lipinski definition) is 0. The largest absolute Gasteiger partial charge is 0.337 e. The molecular weight excluding hydrogens is 217 g/mol. The Morgan fingerprint density at radius 3 is 2.40 bits per heavy atom. The molecule has 0 radical (unpaired) electrons. The summed E-state index contributed by atoms with van der Waals surface area (Å²) in [4.78, 5) is 11.4. The Morgan fingerprint density at radius 1 is 1.47 bits per heavy atom. The van der Waals surface area contributed by atoms with Crippen LogP contribution in [-0.2, 0) is 18.4 Å². The lowest BCUT2D eigenvalue weighted by Crippen LogP contribution is -2.09. The van der Waals surface area contributed by atoms with Gasteiger partial charge in [-0.2, -0.15) is 5.26 Å². The van der Waals surface area contributed by atoms with Gasteiger partial charge in [-0.05, 0) is 13.3 Å². The van der Waals surface area contributed by atoms with Crippen molar-refractivity contribution in [3.63, 3.8) is 0 Å². The monoisotopic (exact) mass is 233 g/mol. The summed E-state index contributed by atoms with van der Waals surface area (Å²) in [5.41, 5.74) is 0. The van der Waals surface area contributed by atoms with E-state index in [4.69, 9.17) is 5.26 Å². The zero-order valence-corrected chi connectivity index (χ0v) is 10.1. The van der Waals surface area contributed by atoms with Crippen molar-refractivity contribution in [3.05, 3.63) is 0 Å². The molecule has 6 heteroatoms. The van der Waals surface area contributed by atoms with Gasteiger partial charge in [-0.1, -0.05) is 0 Å². The second kappa shape index (κ2) is 6.73. The van der Waals surface area contributed by atoms with E-state index in [0.717, 1.165) is 0 Å². The van der Waals surface area contributed by atoms with Gasteiger partial charge in [0.2, 0.25) is 0 Å². The van der Waals surface area contributed by atoms with Crippen molar-refractivity contribution in [2.24, 2.45) is 5.92 Å². The summed E-state index contributed by atoms with van der Waals surface area (Å²) in [6.45, 7) is 1.74. The fraction of sp³-hybridized carbons (Fsp3) is 0.778. The van der Waals surface area contributed by atoms with Gasteiger partial charge in [0.15, 0.2) is 0 Å². The molecule has 86 valence electrons. The first-order chi connectivity index (χ1) is 6.97. The lowest BCUT2D eigenvalue weighted by atomic mass is 10.1. The first-order valence-corrected chi connectivity index (χ1v) is 6.32. The molecule has 5 nitrogen and oxygen atoms in total. The normalized spacial score (nSPS) is 13.2. The van der Waals surface area contributed by atoms with Gasteiger partial charge in [0.1, 0.15) is 11.9 Å².